The first-order chi connectivity index (χ1) is 6.27. The van der Waals surface area contributed by atoms with E-state index in [1.165, 1.54) is 32.5 Å². The number of hydrogen-bond acceptors (Lipinski definition) is 2. The highest BCUT2D eigenvalue weighted by atomic mass is 79.9. The first kappa shape index (κ1) is 9.69. The Hall–Kier alpha value is 0.140. The van der Waals surface area contributed by atoms with Crippen molar-refractivity contribution in [2.24, 2.45) is 5.92 Å². The average Bonchev–Trinajstić information content (AvgIpc) is 2.51. The lowest BCUT2D eigenvalue weighted by molar-refractivity contribution is 0.139. The first-order valence-electron chi connectivity index (χ1n) is 5.05. The van der Waals surface area contributed by atoms with Gasteiger partial charge in [0.1, 0.15) is 0 Å². The fraction of sp³-hybridized carbons (Fsp3) is 0.800. The molecule has 0 spiro atoms. The number of rotatable bonds is 2. The predicted octanol–water partition coefficient (Wildman–Crippen LogP) is 1.58. The molecule has 0 amide bonds. The van der Waals surface area contributed by atoms with Crippen LogP contribution in [0.1, 0.15) is 12.8 Å². The SMILES string of the molecule is C=C(Br)CN1CCCC2CNCC21. The molecule has 3 heteroatoms. The molecular formula is C10H17BrN2. The van der Waals surface area contributed by atoms with E-state index in [1.807, 2.05) is 0 Å². The Kier molecular flexibility index (Phi) is 3.06. The smallest absolute Gasteiger partial charge is 0.0297 e. The Labute approximate surface area is 88.5 Å². The molecule has 2 heterocycles. The molecule has 0 saturated carbocycles. The molecule has 0 radical (unpaired) electrons. The molecule has 2 fully saturated rings. The number of halogens is 1. The predicted molar refractivity (Wildman–Crippen MR) is 59.0 cm³/mol. The van der Waals surface area contributed by atoms with Gasteiger partial charge in [-0.1, -0.05) is 22.5 Å². The molecule has 2 atom stereocenters. The van der Waals surface area contributed by atoms with E-state index in [4.69, 9.17) is 0 Å². The summed E-state index contributed by atoms with van der Waals surface area (Å²) in [5, 5.41) is 3.48. The quantitative estimate of drug-likeness (QED) is 0.794. The van der Waals surface area contributed by atoms with Crippen LogP contribution in [0.5, 0.6) is 0 Å². The third-order valence-electron chi connectivity index (χ3n) is 3.17. The zero-order valence-corrected chi connectivity index (χ0v) is 9.52. The van der Waals surface area contributed by atoms with E-state index in [1.54, 1.807) is 0 Å². The van der Waals surface area contributed by atoms with Crippen LogP contribution in [0.4, 0.5) is 0 Å². The van der Waals surface area contributed by atoms with Crippen molar-refractivity contribution >= 4 is 15.9 Å². The summed E-state index contributed by atoms with van der Waals surface area (Å²) in [5.74, 6) is 0.889. The molecule has 2 saturated heterocycles. The Morgan fingerprint density at radius 1 is 1.54 bits per heavy atom. The van der Waals surface area contributed by atoms with Crippen LogP contribution in [0.25, 0.3) is 0 Å². The van der Waals surface area contributed by atoms with Gasteiger partial charge in [0.25, 0.3) is 0 Å². The van der Waals surface area contributed by atoms with E-state index in [0.717, 1.165) is 23.0 Å². The van der Waals surface area contributed by atoms with Crippen molar-refractivity contribution in [3.8, 4) is 0 Å². The standard InChI is InChI=1S/C10H17BrN2/c1-8(11)7-13-4-2-3-9-5-12-6-10(9)13/h9-10,12H,1-7H2. The van der Waals surface area contributed by atoms with Crippen LogP contribution in [0.15, 0.2) is 11.1 Å². The number of nitrogens with one attached hydrogen (secondary N) is 1. The van der Waals surface area contributed by atoms with E-state index in [-0.39, 0.29) is 0 Å². The van der Waals surface area contributed by atoms with Crippen LogP contribution in [0, 0.1) is 5.92 Å². The zero-order valence-electron chi connectivity index (χ0n) is 7.93. The summed E-state index contributed by atoms with van der Waals surface area (Å²) in [6.45, 7) is 8.57. The number of hydrogen-bond donors (Lipinski definition) is 1. The highest BCUT2D eigenvalue weighted by Crippen LogP contribution is 2.27. The summed E-state index contributed by atoms with van der Waals surface area (Å²) < 4.78 is 1.11. The molecule has 0 aromatic rings. The molecule has 0 bridgehead atoms. The van der Waals surface area contributed by atoms with Crippen molar-refractivity contribution in [3.05, 3.63) is 11.1 Å². The van der Waals surface area contributed by atoms with E-state index in [2.05, 4.69) is 32.7 Å². The summed E-state index contributed by atoms with van der Waals surface area (Å²) in [5.41, 5.74) is 0. The van der Waals surface area contributed by atoms with Crippen molar-refractivity contribution in [1.29, 1.82) is 0 Å². The highest BCUT2D eigenvalue weighted by molar-refractivity contribution is 9.11. The average molecular weight is 245 g/mol. The molecule has 2 aliphatic rings. The third kappa shape index (κ3) is 2.14. The number of likely N-dealkylation sites (tertiary alicyclic amines) is 1. The molecule has 2 aliphatic heterocycles. The molecule has 2 nitrogen and oxygen atoms in total. The van der Waals surface area contributed by atoms with Gasteiger partial charge in [0.15, 0.2) is 0 Å². The van der Waals surface area contributed by atoms with Crippen LogP contribution in [0.2, 0.25) is 0 Å². The molecule has 0 aliphatic carbocycles. The van der Waals surface area contributed by atoms with Gasteiger partial charge in [-0.2, -0.15) is 0 Å². The van der Waals surface area contributed by atoms with E-state index >= 15 is 0 Å². The number of piperidine rings is 1. The van der Waals surface area contributed by atoms with Crippen LogP contribution in [-0.2, 0) is 0 Å². The Morgan fingerprint density at radius 2 is 2.38 bits per heavy atom. The summed E-state index contributed by atoms with van der Waals surface area (Å²) in [6.07, 6.45) is 2.76. The zero-order chi connectivity index (χ0) is 9.26. The Balaban J connectivity index is 1.97. The van der Waals surface area contributed by atoms with E-state index in [0.29, 0.717) is 0 Å². The molecule has 2 rings (SSSR count). The fourth-order valence-corrected chi connectivity index (χ4v) is 2.90. The van der Waals surface area contributed by atoms with Crippen LogP contribution >= 0.6 is 15.9 Å². The second kappa shape index (κ2) is 4.11. The second-order valence-electron chi connectivity index (χ2n) is 4.12. The van der Waals surface area contributed by atoms with Crippen LogP contribution in [0.3, 0.4) is 0 Å². The molecule has 2 unspecified atom stereocenters. The van der Waals surface area contributed by atoms with Gasteiger partial charge in [0, 0.05) is 23.6 Å². The topological polar surface area (TPSA) is 15.3 Å². The molecular weight excluding hydrogens is 228 g/mol. The highest BCUT2D eigenvalue weighted by Gasteiger charge is 2.34. The minimum absolute atomic E-state index is 0.767. The van der Waals surface area contributed by atoms with Gasteiger partial charge < -0.3 is 5.32 Å². The molecule has 74 valence electrons. The number of nitrogens with zero attached hydrogens (tertiary/aromatic N) is 1. The second-order valence-corrected chi connectivity index (χ2v) is 5.24. The molecule has 0 aromatic heterocycles. The first-order valence-corrected chi connectivity index (χ1v) is 5.84. The van der Waals surface area contributed by atoms with Crippen molar-refractivity contribution < 1.29 is 0 Å². The summed E-state index contributed by atoms with van der Waals surface area (Å²) in [4.78, 5) is 2.56. The van der Waals surface area contributed by atoms with Gasteiger partial charge in [0.05, 0.1) is 0 Å². The monoisotopic (exact) mass is 244 g/mol. The van der Waals surface area contributed by atoms with Crippen molar-refractivity contribution in [2.45, 2.75) is 18.9 Å². The summed E-state index contributed by atoms with van der Waals surface area (Å²) >= 11 is 3.45. The van der Waals surface area contributed by atoms with Crippen LogP contribution in [-0.4, -0.2) is 37.1 Å². The van der Waals surface area contributed by atoms with E-state index < -0.39 is 0 Å². The Bertz CT molecular complexity index is 205. The maximum Gasteiger partial charge on any atom is 0.0297 e. The van der Waals surface area contributed by atoms with Crippen LogP contribution < -0.4 is 5.32 Å². The van der Waals surface area contributed by atoms with Crippen molar-refractivity contribution in [1.82, 2.24) is 10.2 Å². The molecule has 13 heavy (non-hydrogen) atoms. The van der Waals surface area contributed by atoms with Crippen molar-refractivity contribution in [3.63, 3.8) is 0 Å². The lowest BCUT2D eigenvalue weighted by Gasteiger charge is -2.36. The Morgan fingerprint density at radius 3 is 3.15 bits per heavy atom. The lowest BCUT2D eigenvalue weighted by atomic mass is 9.92. The molecule has 0 aromatic carbocycles. The maximum atomic E-state index is 3.92. The third-order valence-corrected chi connectivity index (χ3v) is 3.42. The van der Waals surface area contributed by atoms with Gasteiger partial charge in [0.2, 0.25) is 0 Å². The largest absolute Gasteiger partial charge is 0.315 e. The lowest BCUT2D eigenvalue weighted by Crippen LogP contribution is -2.45. The number of fused-ring (bicyclic) bond motifs is 1. The summed E-state index contributed by atoms with van der Waals surface area (Å²) in [6, 6.07) is 0.767. The minimum Gasteiger partial charge on any atom is -0.315 e. The normalized spacial score (nSPS) is 34.5. The van der Waals surface area contributed by atoms with Gasteiger partial charge >= 0.3 is 0 Å². The summed E-state index contributed by atoms with van der Waals surface area (Å²) in [7, 11) is 0. The minimum atomic E-state index is 0.767. The fourth-order valence-electron chi connectivity index (χ4n) is 2.58. The van der Waals surface area contributed by atoms with Crippen molar-refractivity contribution in [2.75, 3.05) is 26.2 Å². The van der Waals surface area contributed by atoms with Gasteiger partial charge in [-0.15, -0.1) is 0 Å². The maximum absolute atomic E-state index is 3.92. The molecule has 1 N–H and O–H groups in total. The van der Waals surface area contributed by atoms with Gasteiger partial charge in [-0.25, -0.2) is 0 Å². The van der Waals surface area contributed by atoms with E-state index in [9.17, 15) is 0 Å². The van der Waals surface area contributed by atoms with Gasteiger partial charge in [-0.3, -0.25) is 4.90 Å². The van der Waals surface area contributed by atoms with Gasteiger partial charge in [-0.05, 0) is 31.8 Å².